The Morgan fingerprint density at radius 3 is 2.65 bits per heavy atom. The second-order valence-electron chi connectivity index (χ2n) is 9.11. The van der Waals surface area contributed by atoms with Gasteiger partial charge >= 0.3 is 0 Å². The lowest BCUT2D eigenvalue weighted by Gasteiger charge is -2.27. The van der Waals surface area contributed by atoms with E-state index >= 15 is 0 Å². The maximum absolute atomic E-state index is 13.0. The molecule has 0 radical (unpaired) electrons. The van der Waals surface area contributed by atoms with Crippen molar-refractivity contribution < 1.29 is 14.4 Å². The molecule has 0 aliphatic carbocycles. The van der Waals surface area contributed by atoms with Gasteiger partial charge in [0.25, 0.3) is 0 Å². The van der Waals surface area contributed by atoms with Crippen LogP contribution >= 0.6 is 0 Å². The van der Waals surface area contributed by atoms with Gasteiger partial charge in [0, 0.05) is 50.8 Å². The Hall–Kier alpha value is -2.71. The summed E-state index contributed by atoms with van der Waals surface area (Å²) in [5.41, 5.74) is 0.797. The summed E-state index contributed by atoms with van der Waals surface area (Å²) in [6, 6.07) is 1.38. The van der Waals surface area contributed by atoms with Crippen LogP contribution in [0.2, 0.25) is 0 Å². The summed E-state index contributed by atoms with van der Waals surface area (Å²) >= 11 is 0. The van der Waals surface area contributed by atoms with Crippen LogP contribution in [0.5, 0.6) is 0 Å². The third-order valence-corrected chi connectivity index (χ3v) is 6.38. The number of nitrogens with one attached hydrogen (secondary N) is 2. The zero-order valence-electron chi connectivity index (χ0n) is 18.3. The first kappa shape index (κ1) is 21.5. The van der Waals surface area contributed by atoms with E-state index < -0.39 is 6.04 Å². The molecule has 9 heteroatoms. The molecule has 0 spiro atoms. The summed E-state index contributed by atoms with van der Waals surface area (Å²) < 4.78 is 0. The number of piperidine rings is 1. The van der Waals surface area contributed by atoms with Crippen LogP contribution in [0.3, 0.4) is 0 Å². The average Bonchev–Trinajstić information content (AvgIpc) is 3.40. The molecule has 0 saturated carbocycles. The first-order valence-electron chi connectivity index (χ1n) is 11.4. The van der Waals surface area contributed by atoms with Gasteiger partial charge in [-0.1, -0.05) is 0 Å². The Kier molecular flexibility index (Phi) is 6.38. The Morgan fingerprint density at radius 1 is 1.19 bits per heavy atom. The number of rotatable bonds is 5. The highest BCUT2D eigenvalue weighted by Gasteiger charge is 2.43. The SMILES string of the molecule is CC(C)NC(=O)[C@H]1CN(C(=O)C2CCC(=O)N2)C[C@@H]1c1ccnc(N2CCCCC2)n1. The zero-order chi connectivity index (χ0) is 22.0. The normalized spacial score (nSPS) is 26.3. The third-order valence-electron chi connectivity index (χ3n) is 6.38. The average molecular weight is 429 g/mol. The van der Waals surface area contributed by atoms with Crippen molar-refractivity contribution in [3.8, 4) is 0 Å². The number of carbonyl (C=O) groups is 3. The molecule has 3 saturated heterocycles. The van der Waals surface area contributed by atoms with E-state index in [1.165, 1.54) is 6.42 Å². The van der Waals surface area contributed by atoms with Crippen molar-refractivity contribution in [1.82, 2.24) is 25.5 Å². The molecule has 0 aromatic carbocycles. The molecule has 3 amide bonds. The van der Waals surface area contributed by atoms with Crippen molar-refractivity contribution in [3.05, 3.63) is 18.0 Å². The maximum Gasteiger partial charge on any atom is 0.245 e. The molecule has 4 rings (SSSR count). The quantitative estimate of drug-likeness (QED) is 0.719. The van der Waals surface area contributed by atoms with Gasteiger partial charge in [0.15, 0.2) is 0 Å². The predicted molar refractivity (Wildman–Crippen MR) is 115 cm³/mol. The highest BCUT2D eigenvalue weighted by Crippen LogP contribution is 2.33. The predicted octanol–water partition coefficient (Wildman–Crippen LogP) is 0.812. The lowest BCUT2D eigenvalue weighted by molar-refractivity contribution is -0.133. The minimum atomic E-state index is -0.491. The highest BCUT2D eigenvalue weighted by atomic mass is 16.2. The van der Waals surface area contributed by atoms with E-state index in [4.69, 9.17) is 4.98 Å². The second-order valence-corrected chi connectivity index (χ2v) is 9.11. The van der Waals surface area contributed by atoms with E-state index in [0.29, 0.717) is 31.9 Å². The number of aromatic nitrogens is 2. The van der Waals surface area contributed by atoms with Crippen LogP contribution in [0.4, 0.5) is 5.95 Å². The summed E-state index contributed by atoms with van der Waals surface area (Å²) in [5.74, 6) is -0.151. The van der Waals surface area contributed by atoms with Crippen LogP contribution in [0.15, 0.2) is 12.3 Å². The Balaban J connectivity index is 1.56. The summed E-state index contributed by atoms with van der Waals surface area (Å²) in [4.78, 5) is 50.8. The molecule has 2 N–H and O–H groups in total. The molecule has 1 aromatic heterocycles. The van der Waals surface area contributed by atoms with Crippen molar-refractivity contribution in [2.45, 2.75) is 64.0 Å². The van der Waals surface area contributed by atoms with Crippen LogP contribution in [0.1, 0.15) is 57.6 Å². The Bertz CT molecular complexity index is 838. The fourth-order valence-corrected chi connectivity index (χ4v) is 4.78. The minimum Gasteiger partial charge on any atom is -0.354 e. The van der Waals surface area contributed by atoms with Gasteiger partial charge in [0.1, 0.15) is 6.04 Å². The summed E-state index contributed by atoms with van der Waals surface area (Å²) in [5, 5.41) is 5.75. The summed E-state index contributed by atoms with van der Waals surface area (Å²) in [6.45, 7) is 6.49. The molecule has 1 unspecified atom stereocenters. The van der Waals surface area contributed by atoms with E-state index in [1.807, 2.05) is 19.9 Å². The highest BCUT2D eigenvalue weighted by molar-refractivity contribution is 5.91. The fraction of sp³-hybridized carbons (Fsp3) is 0.682. The standard InChI is InChI=1S/C22H32N6O3/c1-14(2)24-20(30)16-13-28(21(31)18-6-7-19(29)25-18)12-15(16)17-8-9-23-22(26-17)27-10-4-3-5-11-27/h8-9,14-16,18H,3-7,10-13H2,1-2H3,(H,24,30)(H,25,29)/t15-,16-,18?/m0/s1. The van der Waals surface area contributed by atoms with Crippen molar-refractivity contribution >= 4 is 23.7 Å². The molecule has 3 aliphatic rings. The third kappa shape index (κ3) is 4.80. The Labute approximate surface area is 183 Å². The molecule has 3 fully saturated rings. The van der Waals surface area contributed by atoms with Gasteiger partial charge in [-0.3, -0.25) is 14.4 Å². The number of anilines is 1. The molecule has 168 valence electrons. The van der Waals surface area contributed by atoms with Gasteiger partial charge in [0.05, 0.1) is 11.6 Å². The lowest BCUT2D eigenvalue weighted by Crippen LogP contribution is -2.44. The van der Waals surface area contributed by atoms with E-state index in [-0.39, 0.29) is 35.6 Å². The van der Waals surface area contributed by atoms with Crippen molar-refractivity contribution in [3.63, 3.8) is 0 Å². The summed E-state index contributed by atoms with van der Waals surface area (Å²) in [6.07, 6.45) is 6.12. The zero-order valence-corrected chi connectivity index (χ0v) is 18.3. The van der Waals surface area contributed by atoms with Gasteiger partial charge in [-0.25, -0.2) is 9.97 Å². The van der Waals surface area contributed by atoms with Crippen molar-refractivity contribution in [2.75, 3.05) is 31.1 Å². The van der Waals surface area contributed by atoms with E-state index in [0.717, 1.165) is 31.6 Å². The second kappa shape index (κ2) is 9.20. The number of nitrogens with zero attached hydrogens (tertiary/aromatic N) is 4. The fourth-order valence-electron chi connectivity index (χ4n) is 4.78. The lowest BCUT2D eigenvalue weighted by atomic mass is 9.91. The molecule has 31 heavy (non-hydrogen) atoms. The van der Waals surface area contributed by atoms with Crippen molar-refractivity contribution in [1.29, 1.82) is 0 Å². The van der Waals surface area contributed by atoms with Crippen LogP contribution < -0.4 is 15.5 Å². The van der Waals surface area contributed by atoms with Crippen LogP contribution in [0.25, 0.3) is 0 Å². The Morgan fingerprint density at radius 2 is 1.97 bits per heavy atom. The van der Waals surface area contributed by atoms with Crippen LogP contribution in [-0.4, -0.2) is 70.9 Å². The number of amides is 3. The molecule has 0 bridgehead atoms. The number of carbonyl (C=O) groups excluding carboxylic acids is 3. The largest absolute Gasteiger partial charge is 0.354 e. The van der Waals surface area contributed by atoms with Gasteiger partial charge in [-0.2, -0.15) is 0 Å². The first-order valence-corrected chi connectivity index (χ1v) is 11.4. The van der Waals surface area contributed by atoms with E-state index in [1.54, 1.807) is 11.1 Å². The van der Waals surface area contributed by atoms with Crippen molar-refractivity contribution in [2.24, 2.45) is 5.92 Å². The number of hydrogen-bond acceptors (Lipinski definition) is 6. The van der Waals surface area contributed by atoms with Crippen LogP contribution in [0, 0.1) is 5.92 Å². The molecule has 1 aromatic rings. The van der Waals surface area contributed by atoms with Crippen LogP contribution in [-0.2, 0) is 14.4 Å². The van der Waals surface area contributed by atoms with E-state index in [2.05, 4.69) is 20.5 Å². The molecular formula is C22H32N6O3. The summed E-state index contributed by atoms with van der Waals surface area (Å²) in [7, 11) is 0. The number of hydrogen-bond donors (Lipinski definition) is 2. The first-order chi connectivity index (χ1) is 14.9. The molecule has 9 nitrogen and oxygen atoms in total. The van der Waals surface area contributed by atoms with Gasteiger partial charge in [-0.05, 0) is 45.6 Å². The minimum absolute atomic E-state index is 0.0151. The molecule has 3 atom stereocenters. The topological polar surface area (TPSA) is 108 Å². The molecular weight excluding hydrogens is 396 g/mol. The monoisotopic (exact) mass is 428 g/mol. The van der Waals surface area contributed by atoms with Gasteiger partial charge < -0.3 is 20.4 Å². The number of likely N-dealkylation sites (tertiary alicyclic amines) is 1. The smallest absolute Gasteiger partial charge is 0.245 e. The molecule has 4 heterocycles. The van der Waals surface area contributed by atoms with Gasteiger partial charge in [-0.15, -0.1) is 0 Å². The van der Waals surface area contributed by atoms with E-state index in [9.17, 15) is 14.4 Å². The molecule has 3 aliphatic heterocycles. The maximum atomic E-state index is 13.0. The van der Waals surface area contributed by atoms with Gasteiger partial charge in [0.2, 0.25) is 23.7 Å².